The van der Waals surface area contributed by atoms with E-state index in [1.807, 2.05) is 18.8 Å². The quantitative estimate of drug-likeness (QED) is 0.852. The zero-order valence-corrected chi connectivity index (χ0v) is 13.8. The molecule has 2 rings (SSSR count). The van der Waals surface area contributed by atoms with Crippen LogP contribution in [0.1, 0.15) is 56.2 Å². The third kappa shape index (κ3) is 3.53. The molecule has 0 bridgehead atoms. The highest BCUT2D eigenvalue weighted by Crippen LogP contribution is 2.21. The first-order chi connectivity index (χ1) is 10.1. The predicted octanol–water partition coefficient (Wildman–Crippen LogP) is 2.65. The first kappa shape index (κ1) is 15.8. The van der Waals surface area contributed by atoms with Crippen molar-refractivity contribution in [1.29, 1.82) is 0 Å². The molecule has 0 radical (unpaired) electrons. The number of aromatic nitrogens is 4. The van der Waals surface area contributed by atoms with E-state index in [2.05, 4.69) is 54.3 Å². The number of aryl methyl sites for hydroxylation is 2. The summed E-state index contributed by atoms with van der Waals surface area (Å²) in [6, 6.07) is 2.84. The Balaban J connectivity index is 2.17. The maximum Gasteiger partial charge on any atom is 0.0669 e. The summed E-state index contributed by atoms with van der Waals surface area (Å²) in [7, 11) is 3.98. The molecule has 2 aromatic heterocycles. The van der Waals surface area contributed by atoms with Crippen LogP contribution in [0.5, 0.6) is 0 Å². The van der Waals surface area contributed by atoms with Gasteiger partial charge in [0.2, 0.25) is 0 Å². The fourth-order valence-electron chi connectivity index (χ4n) is 2.61. The molecule has 0 saturated heterocycles. The highest BCUT2D eigenvalue weighted by atomic mass is 15.3. The maximum atomic E-state index is 4.71. The molecule has 0 spiro atoms. The van der Waals surface area contributed by atoms with Crippen LogP contribution in [0.3, 0.4) is 0 Å². The second-order valence-corrected chi connectivity index (χ2v) is 5.65. The zero-order chi connectivity index (χ0) is 15.4. The molecule has 0 aliphatic heterocycles. The highest BCUT2D eigenvalue weighted by Gasteiger charge is 2.18. The number of hydrogen-bond donors (Lipinski definition) is 1. The van der Waals surface area contributed by atoms with Gasteiger partial charge in [0.05, 0.1) is 11.4 Å². The van der Waals surface area contributed by atoms with Crippen molar-refractivity contribution >= 4 is 0 Å². The first-order valence-electron chi connectivity index (χ1n) is 7.82. The average molecular weight is 289 g/mol. The van der Waals surface area contributed by atoms with Gasteiger partial charge in [0.15, 0.2) is 0 Å². The zero-order valence-electron chi connectivity index (χ0n) is 13.8. The number of rotatable bonds is 7. The van der Waals surface area contributed by atoms with Crippen LogP contribution in [0.15, 0.2) is 18.5 Å². The molecule has 21 heavy (non-hydrogen) atoms. The maximum absolute atomic E-state index is 4.71. The van der Waals surface area contributed by atoms with Crippen molar-refractivity contribution in [1.82, 2.24) is 24.9 Å². The molecule has 5 nitrogen and oxygen atoms in total. The summed E-state index contributed by atoms with van der Waals surface area (Å²) in [5.74, 6) is 0. The molecule has 1 N–H and O–H groups in total. The SMILES string of the molecule is CCc1nn(C)cc1C(Cc1ccn(C(C)CC)n1)NC. The first-order valence-corrected chi connectivity index (χ1v) is 7.82. The van der Waals surface area contributed by atoms with Gasteiger partial charge in [0.25, 0.3) is 0 Å². The van der Waals surface area contributed by atoms with Crippen LogP contribution in [0.4, 0.5) is 0 Å². The topological polar surface area (TPSA) is 47.7 Å². The molecule has 2 atom stereocenters. The van der Waals surface area contributed by atoms with Crippen molar-refractivity contribution in [3.63, 3.8) is 0 Å². The van der Waals surface area contributed by atoms with E-state index in [1.165, 1.54) is 11.3 Å². The van der Waals surface area contributed by atoms with E-state index in [4.69, 9.17) is 5.10 Å². The molecule has 116 valence electrons. The molecule has 0 aliphatic carbocycles. The normalized spacial score (nSPS) is 14.3. The minimum Gasteiger partial charge on any atom is -0.313 e. The van der Waals surface area contributed by atoms with Gasteiger partial charge in [0.1, 0.15) is 0 Å². The van der Waals surface area contributed by atoms with Crippen molar-refractivity contribution in [2.75, 3.05) is 7.05 Å². The molecule has 0 fully saturated rings. The Kier molecular flexibility index (Phi) is 5.17. The Morgan fingerprint density at radius 3 is 2.67 bits per heavy atom. The standard InChI is InChI=1S/C16H27N5/c1-6-12(3)21-9-8-13(18-21)10-16(17-4)14-11-20(5)19-15(14)7-2/h8-9,11-12,16-17H,6-7,10H2,1-5H3. The Labute approximate surface area is 127 Å². The largest absolute Gasteiger partial charge is 0.313 e. The van der Waals surface area contributed by atoms with E-state index in [-0.39, 0.29) is 6.04 Å². The summed E-state index contributed by atoms with van der Waals surface area (Å²) in [6.07, 6.45) is 7.14. The van der Waals surface area contributed by atoms with Crippen LogP contribution < -0.4 is 5.32 Å². The van der Waals surface area contributed by atoms with Gasteiger partial charge in [0, 0.05) is 43.5 Å². The smallest absolute Gasteiger partial charge is 0.0669 e. The summed E-state index contributed by atoms with van der Waals surface area (Å²) >= 11 is 0. The lowest BCUT2D eigenvalue weighted by Gasteiger charge is -2.15. The van der Waals surface area contributed by atoms with Gasteiger partial charge in [-0.25, -0.2) is 0 Å². The third-order valence-corrected chi connectivity index (χ3v) is 4.12. The van der Waals surface area contributed by atoms with E-state index >= 15 is 0 Å². The van der Waals surface area contributed by atoms with Gasteiger partial charge in [-0.3, -0.25) is 9.36 Å². The molecule has 2 heterocycles. The minimum atomic E-state index is 0.258. The molecule has 0 aliphatic rings. The molecule has 0 saturated carbocycles. The fraction of sp³-hybridized carbons (Fsp3) is 0.625. The van der Waals surface area contributed by atoms with Gasteiger partial charge >= 0.3 is 0 Å². The number of nitrogens with one attached hydrogen (secondary N) is 1. The van der Waals surface area contributed by atoms with Crippen LogP contribution in [0.25, 0.3) is 0 Å². The lowest BCUT2D eigenvalue weighted by molar-refractivity contribution is 0.469. The number of likely N-dealkylation sites (N-methyl/N-ethyl adjacent to an activating group) is 1. The highest BCUT2D eigenvalue weighted by molar-refractivity contribution is 5.23. The van der Waals surface area contributed by atoms with Gasteiger partial charge < -0.3 is 5.32 Å². The summed E-state index contributed by atoms with van der Waals surface area (Å²) in [5.41, 5.74) is 3.57. The van der Waals surface area contributed by atoms with Crippen molar-refractivity contribution in [2.24, 2.45) is 7.05 Å². The summed E-state index contributed by atoms with van der Waals surface area (Å²) in [5, 5.41) is 12.6. The third-order valence-electron chi connectivity index (χ3n) is 4.12. The molecule has 2 unspecified atom stereocenters. The molecule has 2 aromatic rings. The lowest BCUT2D eigenvalue weighted by Crippen LogP contribution is -2.20. The second kappa shape index (κ2) is 6.89. The second-order valence-electron chi connectivity index (χ2n) is 5.65. The van der Waals surface area contributed by atoms with Crippen molar-refractivity contribution in [3.8, 4) is 0 Å². The monoisotopic (exact) mass is 289 g/mol. The van der Waals surface area contributed by atoms with E-state index in [9.17, 15) is 0 Å². The van der Waals surface area contributed by atoms with E-state index in [0.29, 0.717) is 6.04 Å². The Bertz CT molecular complexity index is 569. The van der Waals surface area contributed by atoms with Crippen molar-refractivity contribution < 1.29 is 0 Å². The van der Waals surface area contributed by atoms with E-state index < -0.39 is 0 Å². The van der Waals surface area contributed by atoms with E-state index in [1.54, 1.807) is 0 Å². The Morgan fingerprint density at radius 1 is 1.29 bits per heavy atom. The lowest BCUT2D eigenvalue weighted by atomic mass is 10.0. The van der Waals surface area contributed by atoms with Crippen LogP contribution in [-0.4, -0.2) is 26.6 Å². The Hall–Kier alpha value is -1.62. The van der Waals surface area contributed by atoms with Gasteiger partial charge in [-0.05, 0) is 32.9 Å². The van der Waals surface area contributed by atoms with Crippen LogP contribution in [0, 0.1) is 0 Å². The van der Waals surface area contributed by atoms with Crippen molar-refractivity contribution in [2.45, 2.75) is 52.1 Å². The molecule has 5 heteroatoms. The van der Waals surface area contributed by atoms with E-state index in [0.717, 1.165) is 25.0 Å². The minimum absolute atomic E-state index is 0.258. The summed E-state index contributed by atoms with van der Waals surface area (Å²) in [6.45, 7) is 6.53. The molecule has 0 aromatic carbocycles. The fourth-order valence-corrected chi connectivity index (χ4v) is 2.61. The number of nitrogens with zero attached hydrogens (tertiary/aromatic N) is 4. The molecular formula is C16H27N5. The predicted molar refractivity (Wildman–Crippen MR) is 85.3 cm³/mol. The average Bonchev–Trinajstić information content (AvgIpc) is 3.10. The summed E-state index contributed by atoms with van der Waals surface area (Å²) in [4.78, 5) is 0. The van der Waals surface area contributed by atoms with Crippen LogP contribution in [-0.2, 0) is 19.9 Å². The van der Waals surface area contributed by atoms with Gasteiger partial charge in [-0.2, -0.15) is 10.2 Å². The molecule has 0 amide bonds. The summed E-state index contributed by atoms with van der Waals surface area (Å²) < 4.78 is 3.96. The molecular weight excluding hydrogens is 262 g/mol. The van der Waals surface area contributed by atoms with Crippen molar-refractivity contribution in [3.05, 3.63) is 35.4 Å². The van der Waals surface area contributed by atoms with Crippen LogP contribution >= 0.6 is 0 Å². The number of hydrogen-bond acceptors (Lipinski definition) is 3. The van der Waals surface area contributed by atoms with Crippen LogP contribution in [0.2, 0.25) is 0 Å². The van der Waals surface area contributed by atoms with Gasteiger partial charge in [-0.1, -0.05) is 13.8 Å². The Morgan fingerprint density at radius 2 is 2.05 bits per heavy atom. The van der Waals surface area contributed by atoms with Gasteiger partial charge in [-0.15, -0.1) is 0 Å².